The molecule has 3 aromatic rings. The van der Waals surface area contributed by atoms with Crippen LogP contribution in [-0.4, -0.2) is 66.1 Å². The first-order valence-corrected chi connectivity index (χ1v) is 12.6. The number of piperidine rings is 1. The Balaban J connectivity index is 1.13. The lowest BCUT2D eigenvalue weighted by atomic mass is 9.96. The maximum absolute atomic E-state index is 13.1. The van der Waals surface area contributed by atoms with Crippen LogP contribution in [0.2, 0.25) is 0 Å². The van der Waals surface area contributed by atoms with Crippen molar-refractivity contribution >= 4 is 11.7 Å². The molecule has 2 fully saturated rings. The van der Waals surface area contributed by atoms with Crippen molar-refractivity contribution in [3.63, 3.8) is 0 Å². The average Bonchev–Trinajstić information content (AvgIpc) is 2.91. The summed E-state index contributed by atoms with van der Waals surface area (Å²) >= 11 is 0. The van der Waals surface area contributed by atoms with Crippen molar-refractivity contribution < 1.29 is 4.79 Å². The zero-order valence-electron chi connectivity index (χ0n) is 20.4. The number of amides is 1. The fraction of sp³-hybridized carbons (Fsp3) is 0.393. The van der Waals surface area contributed by atoms with Crippen LogP contribution in [-0.2, 0) is 6.54 Å². The Morgan fingerprint density at radius 1 is 1.03 bits per heavy atom. The molecule has 7 nitrogen and oxygen atoms in total. The molecular formula is C28H34N6O. The predicted octanol–water partition coefficient (Wildman–Crippen LogP) is 3.26. The molecule has 2 aliphatic rings. The number of aromatic nitrogens is 2. The second kappa shape index (κ2) is 11.0. The summed E-state index contributed by atoms with van der Waals surface area (Å²) in [5, 5.41) is 6.66. The average molecular weight is 471 g/mol. The topological polar surface area (TPSA) is 73.4 Å². The van der Waals surface area contributed by atoms with E-state index in [0.29, 0.717) is 0 Å². The Kier molecular flexibility index (Phi) is 7.35. The smallest absolute Gasteiger partial charge is 0.251 e. The molecule has 0 aliphatic carbocycles. The molecule has 0 radical (unpaired) electrons. The highest BCUT2D eigenvalue weighted by atomic mass is 16.1. The van der Waals surface area contributed by atoms with Crippen LogP contribution in [0.4, 0.5) is 5.82 Å². The van der Waals surface area contributed by atoms with E-state index in [2.05, 4.69) is 37.6 Å². The first kappa shape index (κ1) is 23.5. The van der Waals surface area contributed by atoms with E-state index in [4.69, 9.17) is 4.98 Å². The zero-order valence-corrected chi connectivity index (χ0v) is 20.4. The third-order valence-electron chi connectivity index (χ3n) is 7.13. The molecule has 0 bridgehead atoms. The number of pyridine rings is 2. The maximum Gasteiger partial charge on any atom is 0.251 e. The van der Waals surface area contributed by atoms with Crippen molar-refractivity contribution in [1.82, 2.24) is 25.5 Å². The highest BCUT2D eigenvalue weighted by Crippen LogP contribution is 2.25. The van der Waals surface area contributed by atoms with Crippen LogP contribution in [0.5, 0.6) is 0 Å². The number of nitrogens with zero attached hydrogens (tertiary/aromatic N) is 4. The first-order valence-electron chi connectivity index (χ1n) is 12.6. The van der Waals surface area contributed by atoms with E-state index in [1.807, 2.05) is 49.6 Å². The Morgan fingerprint density at radius 3 is 2.57 bits per heavy atom. The number of anilines is 1. The van der Waals surface area contributed by atoms with Crippen LogP contribution in [0.15, 0.2) is 61.1 Å². The molecule has 0 spiro atoms. The van der Waals surface area contributed by atoms with E-state index < -0.39 is 0 Å². The second-order valence-electron chi connectivity index (χ2n) is 9.51. The van der Waals surface area contributed by atoms with Crippen LogP contribution in [0, 0.1) is 6.92 Å². The summed E-state index contributed by atoms with van der Waals surface area (Å²) < 4.78 is 0. The lowest BCUT2D eigenvalue weighted by Gasteiger charge is -2.32. The Morgan fingerprint density at radius 2 is 1.86 bits per heavy atom. The highest BCUT2D eigenvalue weighted by molar-refractivity contribution is 5.97. The number of rotatable bonds is 6. The van der Waals surface area contributed by atoms with Crippen LogP contribution < -0.4 is 15.5 Å². The van der Waals surface area contributed by atoms with E-state index in [1.165, 1.54) is 5.56 Å². The van der Waals surface area contributed by atoms with Crippen molar-refractivity contribution in [3.8, 4) is 11.1 Å². The standard InChI is InChI=1S/C28H34N6O/c1-21-25(23-4-3-11-30-19-23)5-2-6-26(21)28(35)32-24-9-14-33(15-10-24)20-22-7-8-27(31-18-22)34-16-12-29-13-17-34/h2-8,11,18-19,24,29H,9-10,12-17,20H2,1H3,(H,32,35). The minimum atomic E-state index is 0.0133. The Bertz CT molecular complexity index is 1120. The second-order valence-corrected chi connectivity index (χ2v) is 9.51. The number of nitrogens with one attached hydrogen (secondary N) is 2. The molecule has 4 heterocycles. The molecule has 2 aliphatic heterocycles. The van der Waals surface area contributed by atoms with Gasteiger partial charge in [0.15, 0.2) is 0 Å². The van der Waals surface area contributed by atoms with Gasteiger partial charge in [0.1, 0.15) is 5.82 Å². The van der Waals surface area contributed by atoms with Crippen molar-refractivity contribution in [1.29, 1.82) is 0 Å². The van der Waals surface area contributed by atoms with Gasteiger partial charge in [0, 0.05) is 81.6 Å². The van der Waals surface area contributed by atoms with Crippen LogP contribution in [0.25, 0.3) is 11.1 Å². The highest BCUT2D eigenvalue weighted by Gasteiger charge is 2.22. The quantitative estimate of drug-likeness (QED) is 0.576. The molecule has 0 unspecified atom stereocenters. The number of piperazine rings is 1. The van der Waals surface area contributed by atoms with E-state index in [9.17, 15) is 4.79 Å². The monoisotopic (exact) mass is 470 g/mol. The zero-order chi connectivity index (χ0) is 24.0. The van der Waals surface area contributed by atoms with Crippen LogP contribution in [0.3, 0.4) is 0 Å². The summed E-state index contributed by atoms with van der Waals surface area (Å²) in [4.78, 5) is 26.8. The largest absolute Gasteiger partial charge is 0.354 e. The van der Waals surface area contributed by atoms with Crippen molar-refractivity contribution in [2.75, 3.05) is 44.2 Å². The number of hydrogen-bond donors (Lipinski definition) is 2. The molecule has 182 valence electrons. The molecule has 0 saturated carbocycles. The van der Waals surface area contributed by atoms with E-state index in [-0.39, 0.29) is 11.9 Å². The number of likely N-dealkylation sites (tertiary alicyclic amines) is 1. The predicted molar refractivity (Wildman–Crippen MR) is 139 cm³/mol. The molecular weight excluding hydrogens is 436 g/mol. The molecule has 2 saturated heterocycles. The van der Waals surface area contributed by atoms with Gasteiger partial charge in [-0.2, -0.15) is 0 Å². The Labute approximate surface area is 207 Å². The van der Waals surface area contributed by atoms with Crippen LogP contribution >= 0.6 is 0 Å². The maximum atomic E-state index is 13.1. The fourth-order valence-corrected chi connectivity index (χ4v) is 5.06. The minimum Gasteiger partial charge on any atom is -0.354 e. The SMILES string of the molecule is Cc1c(C(=O)NC2CCN(Cc3ccc(N4CCNCC4)nc3)CC2)cccc1-c1cccnc1. The molecule has 2 N–H and O–H groups in total. The third kappa shape index (κ3) is 5.69. The lowest BCUT2D eigenvalue weighted by Crippen LogP contribution is -2.44. The summed E-state index contributed by atoms with van der Waals surface area (Å²) in [5.41, 5.74) is 5.06. The molecule has 1 amide bonds. The molecule has 35 heavy (non-hydrogen) atoms. The fourth-order valence-electron chi connectivity index (χ4n) is 5.06. The van der Waals surface area contributed by atoms with Gasteiger partial charge in [0.2, 0.25) is 0 Å². The first-order chi connectivity index (χ1) is 17.2. The summed E-state index contributed by atoms with van der Waals surface area (Å²) in [6, 6.07) is 14.4. The van der Waals surface area contributed by atoms with E-state index in [1.54, 1.807) is 6.20 Å². The van der Waals surface area contributed by atoms with Gasteiger partial charge >= 0.3 is 0 Å². The van der Waals surface area contributed by atoms with Gasteiger partial charge in [0.25, 0.3) is 5.91 Å². The molecule has 0 atom stereocenters. The van der Waals surface area contributed by atoms with Crippen LogP contribution in [0.1, 0.15) is 34.3 Å². The van der Waals surface area contributed by atoms with Gasteiger partial charge in [-0.25, -0.2) is 4.98 Å². The van der Waals surface area contributed by atoms with Gasteiger partial charge in [0.05, 0.1) is 0 Å². The van der Waals surface area contributed by atoms with Gasteiger partial charge in [-0.15, -0.1) is 0 Å². The van der Waals surface area contributed by atoms with Gasteiger partial charge in [-0.1, -0.05) is 24.3 Å². The van der Waals surface area contributed by atoms with Crippen molar-refractivity contribution in [2.45, 2.75) is 32.4 Å². The van der Waals surface area contributed by atoms with Crippen molar-refractivity contribution in [3.05, 3.63) is 77.7 Å². The number of benzene rings is 1. The number of carbonyl (C=O) groups excluding carboxylic acids is 1. The number of hydrogen-bond acceptors (Lipinski definition) is 6. The molecule has 2 aromatic heterocycles. The Hall–Kier alpha value is -3.29. The summed E-state index contributed by atoms with van der Waals surface area (Å²) in [5.74, 6) is 1.08. The summed E-state index contributed by atoms with van der Waals surface area (Å²) in [7, 11) is 0. The lowest BCUT2D eigenvalue weighted by molar-refractivity contribution is 0.0908. The van der Waals surface area contributed by atoms with Crippen molar-refractivity contribution in [2.24, 2.45) is 0 Å². The third-order valence-corrected chi connectivity index (χ3v) is 7.13. The van der Waals surface area contributed by atoms with Gasteiger partial charge < -0.3 is 15.5 Å². The van der Waals surface area contributed by atoms with E-state index >= 15 is 0 Å². The van der Waals surface area contributed by atoms with Gasteiger partial charge in [-0.05, 0) is 54.7 Å². The summed E-state index contributed by atoms with van der Waals surface area (Å²) in [6.07, 6.45) is 7.54. The molecule has 1 aromatic carbocycles. The number of carbonyl (C=O) groups is 1. The molecule has 7 heteroatoms. The normalized spacial score (nSPS) is 17.3. The van der Waals surface area contributed by atoms with E-state index in [0.717, 1.165) is 86.7 Å². The van der Waals surface area contributed by atoms with Gasteiger partial charge in [-0.3, -0.25) is 14.7 Å². The minimum absolute atomic E-state index is 0.0133. The summed E-state index contributed by atoms with van der Waals surface area (Å²) in [6.45, 7) is 8.92. The molecule has 5 rings (SSSR count).